The van der Waals surface area contributed by atoms with Crippen molar-refractivity contribution >= 4 is 17.5 Å². The molecule has 156 valence electrons. The lowest BCUT2D eigenvalue weighted by Crippen LogP contribution is -2.33. The van der Waals surface area contributed by atoms with Crippen LogP contribution in [-0.2, 0) is 35.4 Å². The van der Waals surface area contributed by atoms with E-state index in [0.29, 0.717) is 19.8 Å². The van der Waals surface area contributed by atoms with E-state index < -0.39 is 0 Å². The minimum absolute atomic E-state index is 0.178. The number of hydrogen-bond acceptors (Lipinski definition) is 5. The van der Waals surface area contributed by atoms with Gasteiger partial charge in [0.05, 0.1) is 19.8 Å². The number of ether oxygens (including phenoxy) is 2. The molecule has 6 nitrogen and oxygen atoms in total. The van der Waals surface area contributed by atoms with E-state index in [1.165, 1.54) is 16.7 Å². The average Bonchev–Trinajstić information content (AvgIpc) is 3.22. The summed E-state index contributed by atoms with van der Waals surface area (Å²) in [5.41, 5.74) is 3.90. The summed E-state index contributed by atoms with van der Waals surface area (Å²) in [5.74, 6) is 1.73. The van der Waals surface area contributed by atoms with Gasteiger partial charge in [0.1, 0.15) is 6.10 Å². The van der Waals surface area contributed by atoms with Gasteiger partial charge in [-0.25, -0.2) is 0 Å². The van der Waals surface area contributed by atoms with Crippen LogP contribution in [0.3, 0.4) is 0 Å². The molecular formula is C23H25ClN4O2. The van der Waals surface area contributed by atoms with Gasteiger partial charge >= 0.3 is 0 Å². The van der Waals surface area contributed by atoms with Crippen molar-refractivity contribution in [3.8, 4) is 0 Å². The summed E-state index contributed by atoms with van der Waals surface area (Å²) in [5, 5.41) is 9.91. The third-order valence-corrected chi connectivity index (χ3v) is 6.03. The van der Waals surface area contributed by atoms with Crippen LogP contribution in [0, 0.1) is 0 Å². The highest BCUT2D eigenvalue weighted by atomic mass is 35.5. The van der Waals surface area contributed by atoms with Crippen molar-refractivity contribution in [2.45, 2.75) is 32.0 Å². The number of hydrogen-bond donors (Lipinski definition) is 0. The van der Waals surface area contributed by atoms with E-state index in [1.54, 1.807) is 0 Å². The molecule has 30 heavy (non-hydrogen) atoms. The van der Waals surface area contributed by atoms with Gasteiger partial charge in [-0.3, -0.25) is 4.57 Å². The number of halogens is 1. The van der Waals surface area contributed by atoms with E-state index in [-0.39, 0.29) is 6.10 Å². The number of nitrogens with zero attached hydrogens (tertiary/aromatic N) is 4. The van der Waals surface area contributed by atoms with Gasteiger partial charge < -0.3 is 14.4 Å². The highest BCUT2D eigenvalue weighted by Gasteiger charge is 2.28. The molecular weight excluding hydrogens is 400 g/mol. The highest BCUT2D eigenvalue weighted by molar-refractivity contribution is 6.30. The average molecular weight is 425 g/mol. The Hall–Kier alpha value is -2.41. The molecule has 2 aromatic carbocycles. The second-order valence-corrected chi connectivity index (χ2v) is 8.20. The van der Waals surface area contributed by atoms with Crippen LogP contribution in [0.25, 0.3) is 0 Å². The van der Waals surface area contributed by atoms with Gasteiger partial charge in [0.25, 0.3) is 0 Å². The molecule has 5 rings (SSSR count). The Morgan fingerprint density at radius 2 is 1.93 bits per heavy atom. The zero-order chi connectivity index (χ0) is 20.3. The van der Waals surface area contributed by atoms with Crippen molar-refractivity contribution < 1.29 is 9.47 Å². The number of benzene rings is 2. The van der Waals surface area contributed by atoms with Crippen LogP contribution < -0.4 is 4.90 Å². The molecule has 0 N–H and O–H groups in total. The molecule has 0 saturated carbocycles. The summed E-state index contributed by atoms with van der Waals surface area (Å²) in [6.07, 6.45) is 1.70. The van der Waals surface area contributed by atoms with Gasteiger partial charge in [-0.15, -0.1) is 10.2 Å². The maximum atomic E-state index is 6.24. The van der Waals surface area contributed by atoms with Gasteiger partial charge in [-0.05, 0) is 41.7 Å². The van der Waals surface area contributed by atoms with Crippen LogP contribution >= 0.6 is 11.6 Å². The van der Waals surface area contributed by atoms with Crippen LogP contribution in [0.2, 0.25) is 5.02 Å². The van der Waals surface area contributed by atoms with Crippen molar-refractivity contribution in [2.75, 3.05) is 31.3 Å². The number of aryl methyl sites for hydroxylation is 1. The van der Waals surface area contributed by atoms with Crippen LogP contribution in [0.1, 0.15) is 28.6 Å². The molecule has 3 aromatic rings. The molecule has 1 atom stereocenters. The molecule has 0 amide bonds. The van der Waals surface area contributed by atoms with E-state index in [1.807, 2.05) is 12.1 Å². The monoisotopic (exact) mass is 424 g/mol. The molecule has 0 aliphatic carbocycles. The van der Waals surface area contributed by atoms with E-state index in [0.717, 1.165) is 49.3 Å². The second-order valence-electron chi connectivity index (χ2n) is 7.76. The Kier molecular flexibility index (Phi) is 5.71. The third-order valence-electron chi connectivity index (χ3n) is 5.79. The molecule has 1 fully saturated rings. The molecule has 0 bridgehead atoms. The van der Waals surface area contributed by atoms with Crippen molar-refractivity contribution in [3.63, 3.8) is 0 Å². The Labute approximate surface area is 181 Å². The molecule has 0 radical (unpaired) electrons. The first kappa shape index (κ1) is 19.5. The molecule has 1 saturated heterocycles. The molecule has 1 aromatic heterocycles. The fourth-order valence-electron chi connectivity index (χ4n) is 4.21. The maximum absolute atomic E-state index is 6.24. The summed E-state index contributed by atoms with van der Waals surface area (Å²) in [6.45, 7) is 4.20. The minimum Gasteiger partial charge on any atom is -0.376 e. The second kappa shape index (κ2) is 8.76. The zero-order valence-corrected chi connectivity index (χ0v) is 17.6. The van der Waals surface area contributed by atoms with Crippen molar-refractivity contribution in [1.82, 2.24) is 14.8 Å². The molecule has 1 unspecified atom stereocenters. The molecule has 2 aliphatic heterocycles. The van der Waals surface area contributed by atoms with Crippen LogP contribution in [-0.4, -0.2) is 41.1 Å². The molecule has 2 aliphatic rings. The quantitative estimate of drug-likeness (QED) is 0.623. The number of aromatic nitrogens is 3. The van der Waals surface area contributed by atoms with Gasteiger partial charge in [-0.1, -0.05) is 48.0 Å². The fourth-order valence-corrected chi connectivity index (χ4v) is 4.41. The summed E-state index contributed by atoms with van der Waals surface area (Å²) in [4.78, 5) is 2.30. The van der Waals surface area contributed by atoms with Gasteiger partial charge in [0.15, 0.2) is 5.82 Å². The fraction of sp³-hybridized carbons (Fsp3) is 0.391. The predicted octanol–water partition coefficient (Wildman–Crippen LogP) is 3.82. The van der Waals surface area contributed by atoms with E-state index in [4.69, 9.17) is 21.1 Å². The normalized spacial score (nSPS) is 19.0. The van der Waals surface area contributed by atoms with E-state index in [9.17, 15) is 0 Å². The summed E-state index contributed by atoms with van der Waals surface area (Å²) < 4.78 is 13.8. The van der Waals surface area contributed by atoms with E-state index in [2.05, 4.69) is 56.1 Å². The van der Waals surface area contributed by atoms with Crippen molar-refractivity contribution in [1.29, 1.82) is 0 Å². The molecule has 0 spiro atoms. The molecule has 7 heteroatoms. The number of rotatable bonds is 5. The standard InChI is InChI=1S/C23H25ClN4O2/c24-20-7-6-18-9-10-27(15-19(18)14-20)23-26-25-22(21-16-29-12-13-30-21)28(23)11-8-17-4-2-1-3-5-17/h1-7,14,21H,8-13,15-16H2. The Morgan fingerprint density at radius 3 is 2.77 bits per heavy atom. The van der Waals surface area contributed by atoms with Crippen LogP contribution in [0.5, 0.6) is 0 Å². The predicted molar refractivity (Wildman–Crippen MR) is 116 cm³/mol. The first-order valence-electron chi connectivity index (χ1n) is 10.5. The van der Waals surface area contributed by atoms with Crippen LogP contribution in [0.4, 0.5) is 5.95 Å². The summed E-state index contributed by atoms with van der Waals surface area (Å²) in [6, 6.07) is 16.7. The summed E-state index contributed by atoms with van der Waals surface area (Å²) >= 11 is 6.24. The topological polar surface area (TPSA) is 52.4 Å². The van der Waals surface area contributed by atoms with Gasteiger partial charge in [0.2, 0.25) is 5.95 Å². The SMILES string of the molecule is Clc1ccc2c(c1)CN(c1nnc(C3COCCO3)n1CCc1ccccc1)CC2. The maximum Gasteiger partial charge on any atom is 0.227 e. The largest absolute Gasteiger partial charge is 0.376 e. The lowest BCUT2D eigenvalue weighted by Gasteiger charge is -2.30. The minimum atomic E-state index is -0.178. The van der Waals surface area contributed by atoms with Gasteiger partial charge in [-0.2, -0.15) is 0 Å². The Balaban J connectivity index is 1.44. The lowest BCUT2D eigenvalue weighted by atomic mass is 10.0. The summed E-state index contributed by atoms with van der Waals surface area (Å²) in [7, 11) is 0. The highest BCUT2D eigenvalue weighted by Crippen LogP contribution is 2.29. The van der Waals surface area contributed by atoms with Crippen molar-refractivity contribution in [2.24, 2.45) is 0 Å². The van der Waals surface area contributed by atoms with E-state index >= 15 is 0 Å². The zero-order valence-electron chi connectivity index (χ0n) is 16.8. The number of fused-ring (bicyclic) bond motifs is 1. The van der Waals surface area contributed by atoms with Gasteiger partial charge in [0, 0.05) is 24.7 Å². The number of anilines is 1. The molecule has 3 heterocycles. The first-order valence-corrected chi connectivity index (χ1v) is 10.8. The third kappa shape index (κ3) is 4.08. The lowest BCUT2D eigenvalue weighted by molar-refractivity contribution is -0.0947. The Bertz CT molecular complexity index is 1000. The Morgan fingerprint density at radius 1 is 1.03 bits per heavy atom. The van der Waals surface area contributed by atoms with Crippen molar-refractivity contribution in [3.05, 3.63) is 76.1 Å². The smallest absolute Gasteiger partial charge is 0.227 e. The first-order chi connectivity index (χ1) is 14.8. The van der Waals surface area contributed by atoms with Crippen LogP contribution in [0.15, 0.2) is 48.5 Å².